The van der Waals surface area contributed by atoms with Crippen LogP contribution in [0, 0.1) is 5.92 Å². The molecule has 158 valence electrons. The molecule has 0 aromatic rings. The lowest BCUT2D eigenvalue weighted by molar-refractivity contribution is 0.0476. The molecule has 0 saturated carbocycles. The molecule has 1 rings (SSSR count). The molecule has 1 unspecified atom stereocenters. The number of nitrogens with zero attached hydrogens (tertiary/aromatic N) is 2. The van der Waals surface area contributed by atoms with Gasteiger partial charge in [0, 0.05) is 19.6 Å². The Bertz CT molecular complexity index is 485. The van der Waals surface area contributed by atoms with Gasteiger partial charge in [0.15, 0.2) is 5.96 Å². The highest BCUT2D eigenvalue weighted by molar-refractivity contribution is 5.79. The summed E-state index contributed by atoms with van der Waals surface area (Å²) in [5, 5.41) is 9.66. The van der Waals surface area contributed by atoms with E-state index in [0.717, 1.165) is 32.1 Å². The number of ether oxygens (including phenoxy) is 1. The quantitative estimate of drug-likeness (QED) is 0.465. The molecule has 27 heavy (non-hydrogen) atoms. The zero-order valence-corrected chi connectivity index (χ0v) is 18.4. The number of guanidine groups is 1. The predicted molar refractivity (Wildman–Crippen MR) is 112 cm³/mol. The summed E-state index contributed by atoms with van der Waals surface area (Å²) in [7, 11) is 0. The highest BCUT2D eigenvalue weighted by Crippen LogP contribution is 2.15. The summed E-state index contributed by atoms with van der Waals surface area (Å²) in [6.07, 6.45) is 2.11. The summed E-state index contributed by atoms with van der Waals surface area (Å²) in [5.74, 6) is 1.45. The lowest BCUT2D eigenvalue weighted by atomic mass is 9.98. The van der Waals surface area contributed by atoms with Crippen molar-refractivity contribution < 1.29 is 9.53 Å². The van der Waals surface area contributed by atoms with Crippen LogP contribution in [-0.4, -0.2) is 67.4 Å². The molecule has 0 aromatic carbocycles. The highest BCUT2D eigenvalue weighted by atomic mass is 16.6. The van der Waals surface area contributed by atoms with Crippen molar-refractivity contribution in [1.82, 2.24) is 20.9 Å². The van der Waals surface area contributed by atoms with Crippen LogP contribution >= 0.6 is 0 Å². The second-order valence-electron chi connectivity index (χ2n) is 8.99. The van der Waals surface area contributed by atoms with Crippen molar-refractivity contribution in [2.24, 2.45) is 10.9 Å². The summed E-state index contributed by atoms with van der Waals surface area (Å²) in [6, 6.07) is 0. The first-order valence-corrected chi connectivity index (χ1v) is 10.3. The lowest BCUT2D eigenvalue weighted by Gasteiger charge is -2.32. The normalized spacial score (nSPS) is 19.5. The zero-order chi connectivity index (χ0) is 20.5. The van der Waals surface area contributed by atoms with Gasteiger partial charge >= 0.3 is 6.09 Å². The first kappa shape index (κ1) is 23.5. The molecule has 1 aliphatic heterocycles. The Morgan fingerprint density at radius 3 is 2.48 bits per heavy atom. The molecule has 1 saturated heterocycles. The van der Waals surface area contributed by atoms with Gasteiger partial charge in [0.25, 0.3) is 0 Å². The number of hydrogen-bond acceptors (Lipinski definition) is 4. The van der Waals surface area contributed by atoms with Gasteiger partial charge < -0.3 is 25.6 Å². The maximum Gasteiger partial charge on any atom is 0.408 e. The van der Waals surface area contributed by atoms with E-state index in [9.17, 15) is 4.79 Å². The van der Waals surface area contributed by atoms with Crippen LogP contribution < -0.4 is 16.0 Å². The van der Waals surface area contributed by atoms with Gasteiger partial charge in [0.1, 0.15) is 5.60 Å². The van der Waals surface area contributed by atoms with Gasteiger partial charge in [-0.1, -0.05) is 6.92 Å². The number of alkyl carbamates (subject to hydrolysis) is 1. The molecule has 1 atom stereocenters. The van der Waals surface area contributed by atoms with Crippen LogP contribution in [0.15, 0.2) is 4.99 Å². The number of carbonyl (C=O) groups excluding carboxylic acids is 1. The Kier molecular flexibility index (Phi) is 9.36. The molecule has 7 nitrogen and oxygen atoms in total. The topological polar surface area (TPSA) is 78.0 Å². The molecule has 1 aliphatic rings. The van der Waals surface area contributed by atoms with Gasteiger partial charge in [-0.15, -0.1) is 0 Å². The smallest absolute Gasteiger partial charge is 0.408 e. The summed E-state index contributed by atoms with van der Waals surface area (Å²) in [5.41, 5.74) is -0.999. The van der Waals surface area contributed by atoms with E-state index in [1.54, 1.807) is 0 Å². The fourth-order valence-corrected chi connectivity index (χ4v) is 3.08. The van der Waals surface area contributed by atoms with Crippen LogP contribution in [0.5, 0.6) is 0 Å². The molecule has 1 heterocycles. The Hall–Kier alpha value is -1.50. The lowest BCUT2D eigenvalue weighted by Crippen LogP contribution is -2.49. The standard InChI is InChI=1S/C20H41N5O2/c1-8-21-17(22-13-16-11-10-12-25(9-2)14-16)23-15-20(6,7)24-18(26)27-19(3,4)5/h16H,8-15H2,1-7H3,(H,24,26)(H2,21,22,23). The van der Waals surface area contributed by atoms with Crippen molar-refractivity contribution in [2.45, 2.75) is 72.4 Å². The van der Waals surface area contributed by atoms with E-state index in [0.29, 0.717) is 12.5 Å². The zero-order valence-electron chi connectivity index (χ0n) is 18.4. The second-order valence-corrected chi connectivity index (χ2v) is 8.99. The van der Waals surface area contributed by atoms with E-state index < -0.39 is 17.2 Å². The Balaban J connectivity index is 2.54. The number of nitrogens with one attached hydrogen (secondary N) is 3. The van der Waals surface area contributed by atoms with Gasteiger partial charge in [-0.25, -0.2) is 4.79 Å². The average Bonchev–Trinajstić information content (AvgIpc) is 2.55. The number of amides is 1. The van der Waals surface area contributed by atoms with Gasteiger partial charge in [-0.3, -0.25) is 4.99 Å². The largest absolute Gasteiger partial charge is 0.444 e. The fourth-order valence-electron chi connectivity index (χ4n) is 3.08. The van der Waals surface area contributed by atoms with Crippen molar-refractivity contribution in [2.75, 3.05) is 39.3 Å². The van der Waals surface area contributed by atoms with Crippen LogP contribution in [0.25, 0.3) is 0 Å². The molecule has 0 radical (unpaired) electrons. The molecule has 0 aliphatic carbocycles. The number of hydrogen-bond donors (Lipinski definition) is 3. The summed E-state index contributed by atoms with van der Waals surface area (Å²) < 4.78 is 5.34. The van der Waals surface area contributed by atoms with Gasteiger partial charge in [0.05, 0.1) is 12.1 Å². The molecule has 0 aromatic heterocycles. The molecule has 7 heteroatoms. The van der Waals surface area contributed by atoms with Crippen molar-refractivity contribution >= 4 is 12.1 Å². The third-order valence-electron chi connectivity index (χ3n) is 4.42. The Morgan fingerprint density at radius 1 is 1.19 bits per heavy atom. The SMILES string of the molecule is CCNC(=NCC(C)(C)NC(=O)OC(C)(C)C)NCC1CCCN(CC)C1. The number of piperidine rings is 1. The molecule has 0 bridgehead atoms. The maximum atomic E-state index is 12.0. The van der Waals surface area contributed by atoms with E-state index in [2.05, 4.69) is 39.7 Å². The van der Waals surface area contributed by atoms with Crippen LogP contribution in [0.4, 0.5) is 4.79 Å². The molecule has 1 fully saturated rings. The monoisotopic (exact) mass is 383 g/mol. The van der Waals surface area contributed by atoms with Crippen molar-refractivity contribution in [1.29, 1.82) is 0 Å². The number of likely N-dealkylation sites (tertiary alicyclic amines) is 1. The van der Waals surface area contributed by atoms with Crippen LogP contribution in [0.2, 0.25) is 0 Å². The average molecular weight is 384 g/mol. The van der Waals surface area contributed by atoms with Crippen LogP contribution in [0.1, 0.15) is 61.3 Å². The highest BCUT2D eigenvalue weighted by Gasteiger charge is 2.25. The first-order chi connectivity index (χ1) is 12.5. The Morgan fingerprint density at radius 2 is 1.89 bits per heavy atom. The van der Waals surface area contributed by atoms with E-state index >= 15 is 0 Å². The maximum absolute atomic E-state index is 12.0. The van der Waals surface area contributed by atoms with E-state index in [4.69, 9.17) is 4.74 Å². The minimum atomic E-state index is -0.508. The summed E-state index contributed by atoms with van der Waals surface area (Å²) in [6.45, 7) is 19.4. The molecular formula is C20H41N5O2. The second kappa shape index (κ2) is 10.7. The summed E-state index contributed by atoms with van der Waals surface area (Å²) >= 11 is 0. The van der Waals surface area contributed by atoms with Gasteiger partial charge in [-0.05, 0) is 73.4 Å². The van der Waals surface area contributed by atoms with E-state index in [1.165, 1.54) is 19.4 Å². The first-order valence-electron chi connectivity index (χ1n) is 10.3. The predicted octanol–water partition coefficient (Wildman–Crippen LogP) is 2.58. The van der Waals surface area contributed by atoms with E-state index in [-0.39, 0.29) is 0 Å². The van der Waals surface area contributed by atoms with Crippen LogP contribution in [0.3, 0.4) is 0 Å². The van der Waals surface area contributed by atoms with E-state index in [1.807, 2.05) is 34.6 Å². The van der Waals surface area contributed by atoms with Crippen molar-refractivity contribution in [3.63, 3.8) is 0 Å². The molecule has 3 N–H and O–H groups in total. The fraction of sp³-hybridized carbons (Fsp3) is 0.900. The van der Waals surface area contributed by atoms with Crippen molar-refractivity contribution in [3.8, 4) is 0 Å². The van der Waals surface area contributed by atoms with Gasteiger partial charge in [0.2, 0.25) is 0 Å². The van der Waals surface area contributed by atoms with Gasteiger partial charge in [-0.2, -0.15) is 0 Å². The molecule has 0 spiro atoms. The van der Waals surface area contributed by atoms with Crippen LogP contribution in [-0.2, 0) is 4.74 Å². The number of carbonyl (C=O) groups is 1. The Labute approximate surface area is 165 Å². The minimum absolute atomic E-state index is 0.414. The number of rotatable bonds is 7. The van der Waals surface area contributed by atoms with Crippen molar-refractivity contribution in [3.05, 3.63) is 0 Å². The molecular weight excluding hydrogens is 342 g/mol. The third kappa shape index (κ3) is 10.4. The molecule has 1 amide bonds. The third-order valence-corrected chi connectivity index (χ3v) is 4.42. The number of aliphatic imine (C=N–C) groups is 1. The summed E-state index contributed by atoms with van der Waals surface area (Å²) in [4.78, 5) is 19.2. The minimum Gasteiger partial charge on any atom is -0.444 e.